The van der Waals surface area contributed by atoms with Crippen molar-refractivity contribution in [2.24, 2.45) is 5.92 Å². The van der Waals surface area contributed by atoms with Crippen molar-refractivity contribution in [2.45, 2.75) is 85.5 Å². The lowest BCUT2D eigenvalue weighted by atomic mass is 9.72. The van der Waals surface area contributed by atoms with E-state index in [1.807, 2.05) is 13.8 Å². The molecule has 2 nitrogen and oxygen atoms in total. The quantitative estimate of drug-likeness (QED) is 0.537. The number of allylic oxidation sites excluding steroid dienone is 3. The highest BCUT2D eigenvalue weighted by molar-refractivity contribution is 5.61. The van der Waals surface area contributed by atoms with Crippen molar-refractivity contribution >= 4 is 0 Å². The van der Waals surface area contributed by atoms with E-state index >= 15 is 0 Å². The van der Waals surface area contributed by atoms with Crippen LogP contribution >= 0.6 is 0 Å². The Labute approximate surface area is 159 Å². The van der Waals surface area contributed by atoms with Gasteiger partial charge >= 0.3 is 0 Å². The van der Waals surface area contributed by atoms with Gasteiger partial charge in [-0.1, -0.05) is 50.5 Å². The Hall–Kier alpha value is -1.70. The Morgan fingerprint density at radius 2 is 1.77 bits per heavy atom. The van der Waals surface area contributed by atoms with Gasteiger partial charge in [-0.15, -0.1) is 0 Å². The Morgan fingerprint density at radius 1 is 1.19 bits per heavy atom. The molecule has 26 heavy (non-hydrogen) atoms. The molecule has 1 aliphatic carbocycles. The van der Waals surface area contributed by atoms with Crippen molar-refractivity contribution in [1.82, 2.24) is 0 Å². The van der Waals surface area contributed by atoms with Crippen LogP contribution in [0.2, 0.25) is 0 Å². The molecule has 0 radical (unpaired) electrons. The molecule has 0 heterocycles. The minimum atomic E-state index is -0.00125. The normalized spacial score (nSPS) is 21.4. The maximum Gasteiger partial charge on any atom is 0.126 e. The summed E-state index contributed by atoms with van der Waals surface area (Å²) in [6.07, 6.45) is 7.69. The molecule has 0 fully saturated rings. The number of phenolic OH excluding ortho intramolecular Hbond substituents is 2. The van der Waals surface area contributed by atoms with Crippen molar-refractivity contribution in [1.29, 1.82) is 0 Å². The van der Waals surface area contributed by atoms with Gasteiger partial charge in [-0.2, -0.15) is 0 Å². The summed E-state index contributed by atoms with van der Waals surface area (Å²) in [4.78, 5) is 0. The summed E-state index contributed by atoms with van der Waals surface area (Å²) in [5, 5.41) is 22.2. The summed E-state index contributed by atoms with van der Waals surface area (Å²) in [5.74, 6) is 1.14. The first kappa shape index (κ1) is 20.6. The van der Waals surface area contributed by atoms with Crippen LogP contribution < -0.4 is 0 Å². The highest BCUT2D eigenvalue weighted by Gasteiger charge is 2.32. The molecule has 0 bridgehead atoms. The number of benzene rings is 1. The van der Waals surface area contributed by atoms with Gasteiger partial charge in [0.2, 0.25) is 0 Å². The third-order valence-electron chi connectivity index (χ3n) is 6.23. The fourth-order valence-corrected chi connectivity index (χ4v) is 4.67. The number of aromatic hydroxyl groups is 2. The van der Waals surface area contributed by atoms with Crippen LogP contribution in [0.25, 0.3) is 0 Å². The van der Waals surface area contributed by atoms with Gasteiger partial charge in [0.25, 0.3) is 0 Å². The van der Waals surface area contributed by atoms with Gasteiger partial charge in [-0.05, 0) is 75.5 Å². The average Bonchev–Trinajstić information content (AvgIpc) is 2.58. The summed E-state index contributed by atoms with van der Waals surface area (Å²) in [6.45, 7) is 16.8. The van der Waals surface area contributed by atoms with Crippen molar-refractivity contribution in [3.05, 3.63) is 46.1 Å². The first-order valence-corrected chi connectivity index (χ1v) is 10.1. The van der Waals surface area contributed by atoms with Crippen LogP contribution in [0.15, 0.2) is 23.8 Å². The SMILES string of the molecule is C=C(C)C1CCC(C)=CC1c1c(O)c(C)c(C(C)CCCC)c(C)c1O. The first-order chi connectivity index (χ1) is 12.2. The van der Waals surface area contributed by atoms with E-state index in [-0.39, 0.29) is 23.3 Å². The number of phenols is 2. The van der Waals surface area contributed by atoms with Crippen LogP contribution in [0.5, 0.6) is 11.5 Å². The van der Waals surface area contributed by atoms with Crippen LogP contribution in [0.4, 0.5) is 0 Å². The van der Waals surface area contributed by atoms with Gasteiger partial charge < -0.3 is 10.2 Å². The molecule has 1 aliphatic rings. The van der Waals surface area contributed by atoms with Gasteiger partial charge in [-0.25, -0.2) is 0 Å². The van der Waals surface area contributed by atoms with Gasteiger partial charge in [0.05, 0.1) is 0 Å². The summed E-state index contributed by atoms with van der Waals surface area (Å²) < 4.78 is 0. The lowest BCUT2D eigenvalue weighted by molar-refractivity contribution is 0.400. The molecule has 3 unspecified atom stereocenters. The second-order valence-corrected chi connectivity index (χ2v) is 8.35. The van der Waals surface area contributed by atoms with Gasteiger partial charge in [0, 0.05) is 11.5 Å². The molecule has 0 saturated carbocycles. The van der Waals surface area contributed by atoms with Crippen LogP contribution in [0, 0.1) is 19.8 Å². The maximum atomic E-state index is 11.1. The molecule has 144 valence electrons. The Balaban J connectivity index is 2.60. The minimum absolute atomic E-state index is 0.00125. The average molecular weight is 357 g/mol. The van der Waals surface area contributed by atoms with Crippen molar-refractivity contribution in [3.63, 3.8) is 0 Å². The van der Waals surface area contributed by atoms with Gasteiger partial charge in [0.1, 0.15) is 11.5 Å². The van der Waals surface area contributed by atoms with Gasteiger partial charge in [0.15, 0.2) is 0 Å². The molecule has 0 saturated heterocycles. The van der Waals surface area contributed by atoms with E-state index in [9.17, 15) is 10.2 Å². The summed E-state index contributed by atoms with van der Waals surface area (Å²) >= 11 is 0. The Bertz CT molecular complexity index is 682. The second-order valence-electron chi connectivity index (χ2n) is 8.35. The molecule has 0 aliphatic heterocycles. The predicted molar refractivity (Wildman–Crippen MR) is 111 cm³/mol. The zero-order chi connectivity index (χ0) is 19.6. The van der Waals surface area contributed by atoms with Crippen molar-refractivity contribution < 1.29 is 10.2 Å². The molecule has 2 N–H and O–H groups in total. The predicted octanol–water partition coefficient (Wildman–Crippen LogP) is 7.02. The highest BCUT2D eigenvalue weighted by atomic mass is 16.3. The Kier molecular flexibility index (Phi) is 6.60. The zero-order valence-electron chi connectivity index (χ0n) is 17.4. The Morgan fingerprint density at radius 3 is 2.27 bits per heavy atom. The first-order valence-electron chi connectivity index (χ1n) is 10.1. The molecule has 3 atom stereocenters. The molecular weight excluding hydrogens is 320 g/mol. The van der Waals surface area contributed by atoms with E-state index in [4.69, 9.17) is 0 Å². The van der Waals surface area contributed by atoms with Crippen LogP contribution in [-0.4, -0.2) is 10.2 Å². The van der Waals surface area contributed by atoms with E-state index in [1.54, 1.807) is 0 Å². The number of hydrogen-bond acceptors (Lipinski definition) is 2. The monoisotopic (exact) mass is 356 g/mol. The lowest BCUT2D eigenvalue weighted by Crippen LogP contribution is -2.18. The molecule has 2 rings (SSSR count). The molecule has 0 amide bonds. The number of unbranched alkanes of at least 4 members (excludes halogenated alkanes) is 1. The molecular formula is C24H36O2. The van der Waals surface area contributed by atoms with Crippen LogP contribution in [0.1, 0.15) is 93.9 Å². The molecule has 1 aromatic carbocycles. The van der Waals surface area contributed by atoms with E-state index < -0.39 is 0 Å². The lowest BCUT2D eigenvalue weighted by Gasteiger charge is -2.33. The second kappa shape index (κ2) is 8.33. The third kappa shape index (κ3) is 3.84. The van der Waals surface area contributed by atoms with E-state index in [2.05, 4.69) is 40.3 Å². The van der Waals surface area contributed by atoms with Crippen molar-refractivity contribution in [3.8, 4) is 11.5 Å². The maximum absolute atomic E-state index is 11.1. The fraction of sp³-hybridized carbons (Fsp3) is 0.583. The summed E-state index contributed by atoms with van der Waals surface area (Å²) in [6, 6.07) is 0. The summed E-state index contributed by atoms with van der Waals surface area (Å²) in [7, 11) is 0. The fourth-order valence-electron chi connectivity index (χ4n) is 4.67. The smallest absolute Gasteiger partial charge is 0.126 e. The number of hydrogen-bond donors (Lipinski definition) is 2. The molecule has 0 aromatic heterocycles. The van der Waals surface area contributed by atoms with E-state index in [0.29, 0.717) is 11.5 Å². The van der Waals surface area contributed by atoms with Crippen LogP contribution in [0.3, 0.4) is 0 Å². The summed E-state index contributed by atoms with van der Waals surface area (Å²) in [5.41, 5.74) is 6.10. The zero-order valence-corrected chi connectivity index (χ0v) is 17.4. The van der Waals surface area contributed by atoms with Gasteiger partial charge in [-0.3, -0.25) is 0 Å². The van der Waals surface area contributed by atoms with Crippen molar-refractivity contribution in [2.75, 3.05) is 0 Å². The molecule has 1 aromatic rings. The van der Waals surface area contributed by atoms with E-state index in [0.717, 1.165) is 54.4 Å². The third-order valence-corrected chi connectivity index (χ3v) is 6.23. The van der Waals surface area contributed by atoms with E-state index in [1.165, 1.54) is 5.57 Å². The largest absolute Gasteiger partial charge is 0.507 e. The minimum Gasteiger partial charge on any atom is -0.507 e. The highest BCUT2D eigenvalue weighted by Crippen LogP contribution is 2.50. The topological polar surface area (TPSA) is 40.5 Å². The molecule has 2 heteroatoms. The standard InChI is InChI=1S/C24H36O2/c1-8-9-10-16(5)21-17(6)23(25)22(24(26)18(21)7)20-13-15(4)11-12-19(20)14(2)3/h13,16,19-20,25-26H,2,8-12H2,1,3-7H3. The molecule has 0 spiro atoms. The number of rotatable bonds is 6. The van der Waals surface area contributed by atoms with Crippen LogP contribution in [-0.2, 0) is 0 Å².